The molecule has 78 valence electrons. The molecule has 15 heavy (non-hydrogen) atoms. The van der Waals surface area contributed by atoms with Crippen LogP contribution in [0, 0.1) is 0 Å². The minimum atomic E-state index is -1.84. The lowest BCUT2D eigenvalue weighted by Crippen LogP contribution is -2.49. The molecule has 2 rings (SSSR count). The van der Waals surface area contributed by atoms with Gasteiger partial charge in [-0.05, 0) is 11.1 Å². The van der Waals surface area contributed by atoms with Crippen molar-refractivity contribution in [2.24, 2.45) is 5.73 Å². The maximum absolute atomic E-state index is 11.1. The molecule has 1 aliphatic rings. The lowest BCUT2D eigenvalue weighted by Gasteiger charge is -2.24. The van der Waals surface area contributed by atoms with Gasteiger partial charge in [0.05, 0.1) is 0 Å². The summed E-state index contributed by atoms with van der Waals surface area (Å²) in [5.41, 5.74) is 4.62. The fourth-order valence-electron chi connectivity index (χ4n) is 1.99. The Labute approximate surface area is 85.1 Å². The summed E-state index contributed by atoms with van der Waals surface area (Å²) in [5.74, 6) is -3.75. The smallest absolute Gasteiger partial charge is 0.329 e. The molecule has 0 saturated carbocycles. The number of hydrogen-bond donors (Lipinski definition) is 3. The van der Waals surface area contributed by atoms with Gasteiger partial charge in [-0.15, -0.1) is 0 Å². The second-order valence-corrected chi connectivity index (χ2v) is 3.57. The van der Waals surface area contributed by atoms with Crippen LogP contribution in [0.3, 0.4) is 0 Å². The van der Waals surface area contributed by atoms with Gasteiger partial charge in [-0.3, -0.25) is 4.79 Å². The van der Waals surface area contributed by atoms with Crippen molar-refractivity contribution in [2.75, 3.05) is 0 Å². The maximum Gasteiger partial charge on any atom is 0.329 e. The van der Waals surface area contributed by atoms with Crippen LogP contribution in [0.2, 0.25) is 0 Å². The molecule has 2 unspecified atom stereocenters. The second-order valence-electron chi connectivity index (χ2n) is 3.57. The van der Waals surface area contributed by atoms with Crippen LogP contribution in [-0.4, -0.2) is 22.2 Å². The summed E-state index contributed by atoms with van der Waals surface area (Å²) >= 11 is 0. The topological polar surface area (TPSA) is 101 Å². The van der Waals surface area contributed by atoms with Crippen molar-refractivity contribution < 1.29 is 19.8 Å². The molecule has 0 saturated heterocycles. The van der Waals surface area contributed by atoms with Crippen molar-refractivity contribution >= 4 is 11.9 Å². The SMILES string of the molecule is NC1(C(=O)O)c2cccc(c2)C1C(=O)O. The molecule has 1 aromatic rings. The molecule has 0 amide bonds. The van der Waals surface area contributed by atoms with Crippen LogP contribution in [0.25, 0.3) is 0 Å². The average Bonchev–Trinajstić information content (AvgIpc) is 2.36. The Hall–Kier alpha value is -1.88. The highest BCUT2D eigenvalue weighted by Gasteiger charge is 2.52. The standard InChI is InChI=1S/C10H9NO4/c11-10(9(14)15)6-3-1-2-5(4-6)7(10)8(12)13/h1-4,7H,11H2,(H,12,13)(H,14,15). The van der Waals surface area contributed by atoms with E-state index in [0.717, 1.165) is 0 Å². The molecule has 1 aromatic carbocycles. The van der Waals surface area contributed by atoms with Crippen LogP contribution in [-0.2, 0) is 15.1 Å². The molecule has 5 heteroatoms. The quantitative estimate of drug-likeness (QED) is 0.638. The van der Waals surface area contributed by atoms with Gasteiger partial charge >= 0.3 is 11.9 Å². The van der Waals surface area contributed by atoms with Gasteiger partial charge in [-0.25, -0.2) is 4.79 Å². The van der Waals surface area contributed by atoms with E-state index in [2.05, 4.69) is 0 Å². The maximum atomic E-state index is 11.1. The van der Waals surface area contributed by atoms with E-state index in [1.54, 1.807) is 12.1 Å². The van der Waals surface area contributed by atoms with Crippen LogP contribution in [0.1, 0.15) is 17.0 Å². The van der Waals surface area contributed by atoms with Crippen LogP contribution in [0.5, 0.6) is 0 Å². The van der Waals surface area contributed by atoms with Crippen molar-refractivity contribution in [3.05, 3.63) is 35.4 Å². The van der Waals surface area contributed by atoms with Crippen LogP contribution < -0.4 is 5.73 Å². The fourth-order valence-corrected chi connectivity index (χ4v) is 1.99. The molecule has 5 nitrogen and oxygen atoms in total. The van der Waals surface area contributed by atoms with E-state index in [1.807, 2.05) is 0 Å². The first-order valence-corrected chi connectivity index (χ1v) is 4.33. The monoisotopic (exact) mass is 207 g/mol. The van der Waals surface area contributed by atoms with Gasteiger partial charge in [-0.2, -0.15) is 0 Å². The normalized spacial score (nSPS) is 27.7. The first kappa shape index (κ1) is 9.67. The second kappa shape index (κ2) is 2.80. The molecular weight excluding hydrogens is 198 g/mol. The van der Waals surface area contributed by atoms with E-state index in [-0.39, 0.29) is 0 Å². The number of carboxylic acids is 2. The van der Waals surface area contributed by atoms with Gasteiger partial charge in [0.15, 0.2) is 5.54 Å². The molecule has 2 bridgehead atoms. The molecule has 0 heterocycles. The summed E-state index contributed by atoms with van der Waals surface area (Å²) in [4.78, 5) is 22.1. The summed E-state index contributed by atoms with van der Waals surface area (Å²) in [6, 6.07) is 6.23. The number of hydrogen-bond acceptors (Lipinski definition) is 3. The first-order chi connectivity index (χ1) is 6.98. The van der Waals surface area contributed by atoms with E-state index in [0.29, 0.717) is 11.1 Å². The Morgan fingerprint density at radius 2 is 2.00 bits per heavy atom. The lowest BCUT2D eigenvalue weighted by atomic mass is 9.83. The minimum Gasteiger partial charge on any atom is -0.481 e. The largest absolute Gasteiger partial charge is 0.481 e. The Balaban J connectivity index is 2.64. The number of benzene rings is 1. The third-order valence-corrected chi connectivity index (χ3v) is 2.75. The minimum absolute atomic E-state index is 0.333. The van der Waals surface area contributed by atoms with E-state index in [1.165, 1.54) is 12.1 Å². The molecule has 4 N–H and O–H groups in total. The number of nitrogens with two attached hydrogens (primary N) is 1. The van der Waals surface area contributed by atoms with Gasteiger partial charge in [0.25, 0.3) is 0 Å². The van der Waals surface area contributed by atoms with Gasteiger partial charge in [0, 0.05) is 0 Å². The van der Waals surface area contributed by atoms with E-state index in [4.69, 9.17) is 15.9 Å². The van der Waals surface area contributed by atoms with E-state index >= 15 is 0 Å². The lowest BCUT2D eigenvalue weighted by molar-refractivity contribution is -0.152. The summed E-state index contributed by atoms with van der Waals surface area (Å²) in [6.45, 7) is 0. The highest BCUT2D eigenvalue weighted by atomic mass is 16.4. The third kappa shape index (κ3) is 1.07. The Morgan fingerprint density at radius 3 is 2.53 bits per heavy atom. The number of fused-ring (bicyclic) bond motifs is 2. The zero-order valence-corrected chi connectivity index (χ0v) is 7.68. The zero-order chi connectivity index (χ0) is 11.2. The van der Waals surface area contributed by atoms with Gasteiger partial charge in [-0.1, -0.05) is 24.3 Å². The van der Waals surface area contributed by atoms with Crippen LogP contribution in [0.15, 0.2) is 24.3 Å². The predicted molar refractivity (Wildman–Crippen MR) is 50.3 cm³/mol. The van der Waals surface area contributed by atoms with Crippen LogP contribution >= 0.6 is 0 Å². The molecular formula is C10H9NO4. The summed E-state index contributed by atoms with van der Waals surface area (Å²) < 4.78 is 0. The number of rotatable bonds is 2. The van der Waals surface area contributed by atoms with Crippen molar-refractivity contribution in [1.29, 1.82) is 0 Å². The first-order valence-electron chi connectivity index (χ1n) is 4.33. The number of carboxylic acid groups (broad SMARTS) is 2. The van der Waals surface area contributed by atoms with Gasteiger partial charge in [0.2, 0.25) is 0 Å². The number of carbonyl (C=O) groups is 2. The fraction of sp³-hybridized carbons (Fsp3) is 0.200. The summed E-state index contributed by atoms with van der Waals surface area (Å²) in [6.07, 6.45) is 0. The molecule has 0 aromatic heterocycles. The van der Waals surface area contributed by atoms with Crippen molar-refractivity contribution in [3.63, 3.8) is 0 Å². The highest BCUT2D eigenvalue weighted by Crippen LogP contribution is 2.42. The predicted octanol–water partition coefficient (Wildman–Crippen LogP) is 0.107. The van der Waals surface area contributed by atoms with Crippen molar-refractivity contribution in [1.82, 2.24) is 0 Å². The molecule has 0 spiro atoms. The van der Waals surface area contributed by atoms with E-state index < -0.39 is 23.4 Å². The molecule has 0 radical (unpaired) electrons. The molecule has 0 aliphatic heterocycles. The number of aliphatic carboxylic acids is 2. The highest BCUT2D eigenvalue weighted by molar-refractivity contribution is 5.93. The van der Waals surface area contributed by atoms with Gasteiger partial charge in [0.1, 0.15) is 5.92 Å². The van der Waals surface area contributed by atoms with Crippen molar-refractivity contribution in [3.8, 4) is 0 Å². The Kier molecular flexibility index (Phi) is 1.81. The van der Waals surface area contributed by atoms with Crippen molar-refractivity contribution in [2.45, 2.75) is 11.5 Å². The average molecular weight is 207 g/mol. The Bertz CT molecular complexity index is 456. The molecule has 1 aliphatic carbocycles. The van der Waals surface area contributed by atoms with Gasteiger partial charge < -0.3 is 15.9 Å². The molecule has 2 atom stereocenters. The zero-order valence-electron chi connectivity index (χ0n) is 7.68. The third-order valence-electron chi connectivity index (χ3n) is 2.75. The molecule has 0 fully saturated rings. The van der Waals surface area contributed by atoms with Crippen LogP contribution in [0.4, 0.5) is 0 Å². The Morgan fingerprint density at radius 1 is 1.33 bits per heavy atom. The van der Waals surface area contributed by atoms with E-state index in [9.17, 15) is 9.59 Å². The summed E-state index contributed by atoms with van der Waals surface area (Å²) in [5, 5.41) is 18.0. The summed E-state index contributed by atoms with van der Waals surface area (Å²) in [7, 11) is 0.